The van der Waals surface area contributed by atoms with E-state index in [1.807, 2.05) is 32.0 Å². The second-order valence-corrected chi connectivity index (χ2v) is 6.34. The lowest BCUT2D eigenvalue weighted by Crippen LogP contribution is -2.44. The van der Waals surface area contributed by atoms with Crippen molar-refractivity contribution in [3.8, 4) is 0 Å². The van der Waals surface area contributed by atoms with Crippen LogP contribution in [-0.4, -0.2) is 27.0 Å². The van der Waals surface area contributed by atoms with E-state index in [0.717, 1.165) is 0 Å². The Morgan fingerprint density at radius 1 is 1.29 bits per heavy atom. The van der Waals surface area contributed by atoms with Gasteiger partial charge in [-0.15, -0.1) is 0 Å². The van der Waals surface area contributed by atoms with Crippen molar-refractivity contribution in [2.75, 3.05) is 6.54 Å². The van der Waals surface area contributed by atoms with E-state index < -0.39 is 9.92 Å². The highest BCUT2D eigenvalue weighted by Gasteiger charge is 2.32. The fraction of sp³-hybridized carbons (Fsp3) is 0.417. The summed E-state index contributed by atoms with van der Waals surface area (Å²) in [5.74, 6) is -0.0798. The molecule has 0 radical (unpaired) electrons. The summed E-state index contributed by atoms with van der Waals surface area (Å²) in [6.07, 6.45) is 0.349. The average Bonchev–Trinajstić information content (AvgIpc) is 2.29. The van der Waals surface area contributed by atoms with Crippen LogP contribution in [-0.2, 0) is 14.7 Å². The molecule has 0 aromatic heterocycles. The Balaban J connectivity index is 2.58. The summed E-state index contributed by atoms with van der Waals surface area (Å²) < 4.78 is 18.6. The third-order valence-electron chi connectivity index (χ3n) is 2.62. The van der Waals surface area contributed by atoms with Crippen LogP contribution in [0.3, 0.4) is 0 Å². The summed E-state index contributed by atoms with van der Waals surface area (Å²) in [4.78, 5) is 12.5. The van der Waals surface area contributed by atoms with Gasteiger partial charge in [-0.3, -0.25) is 4.79 Å². The van der Waals surface area contributed by atoms with Gasteiger partial charge in [0.05, 0.1) is 11.4 Å². The van der Waals surface area contributed by atoms with Gasteiger partial charge in [0.2, 0.25) is 5.91 Å². The maximum absolute atomic E-state index is 12.9. The molecule has 0 spiro atoms. The largest absolute Gasteiger partial charge is 0.274 e. The summed E-state index contributed by atoms with van der Waals surface area (Å²) in [5.41, 5.74) is 0. The van der Waals surface area contributed by atoms with Crippen LogP contribution in [0.4, 0.5) is 0 Å². The molecule has 1 aliphatic heterocycles. The van der Waals surface area contributed by atoms with Gasteiger partial charge in [-0.25, -0.2) is 12.9 Å². The molecule has 0 fully saturated rings. The molecule has 4 nitrogen and oxygen atoms in total. The molecule has 5 heteroatoms. The van der Waals surface area contributed by atoms with Crippen LogP contribution < -0.4 is 0 Å². The first kappa shape index (κ1) is 12.1. The highest BCUT2D eigenvalue weighted by molar-refractivity contribution is 7.92. The Kier molecular flexibility index (Phi) is 3.19. The highest BCUT2D eigenvalue weighted by atomic mass is 32.2. The topological polar surface area (TPSA) is 49.7 Å². The first-order valence-corrected chi connectivity index (χ1v) is 7.13. The molecule has 0 bridgehead atoms. The predicted octanol–water partition coefficient (Wildman–Crippen LogP) is 2.07. The molecule has 1 aliphatic rings. The zero-order chi connectivity index (χ0) is 12.5. The van der Waals surface area contributed by atoms with Crippen LogP contribution in [0, 0.1) is 0 Å². The smallest absolute Gasteiger partial charge is 0.237 e. The van der Waals surface area contributed by atoms with Crippen LogP contribution in [0.25, 0.3) is 0 Å². The molecule has 92 valence electrons. The zero-order valence-electron chi connectivity index (χ0n) is 10.00. The minimum atomic E-state index is -2.75. The second kappa shape index (κ2) is 4.49. The number of hydrogen-bond acceptors (Lipinski definition) is 3. The molecule has 0 saturated heterocycles. The van der Waals surface area contributed by atoms with Crippen molar-refractivity contribution < 1.29 is 9.00 Å². The molecule has 0 aliphatic carbocycles. The first-order valence-electron chi connectivity index (χ1n) is 5.66. The van der Waals surface area contributed by atoms with Crippen molar-refractivity contribution >= 4 is 15.8 Å². The Morgan fingerprint density at radius 3 is 2.53 bits per heavy atom. The van der Waals surface area contributed by atoms with Crippen molar-refractivity contribution in [2.45, 2.75) is 31.2 Å². The molecular formula is C12H16N2O2S. The SMILES string of the molecule is CC(C)N1C(=O)CCN=S1(=O)c1ccccc1. The Bertz CT molecular complexity index is 531. The van der Waals surface area contributed by atoms with Crippen molar-refractivity contribution in [3.05, 3.63) is 30.3 Å². The van der Waals surface area contributed by atoms with E-state index in [0.29, 0.717) is 17.9 Å². The van der Waals surface area contributed by atoms with E-state index in [-0.39, 0.29) is 11.9 Å². The number of carbonyl (C=O) groups is 1. The molecule has 1 heterocycles. The highest BCUT2D eigenvalue weighted by Crippen LogP contribution is 2.24. The number of amides is 1. The fourth-order valence-electron chi connectivity index (χ4n) is 1.94. The summed E-state index contributed by atoms with van der Waals surface area (Å²) in [6.45, 7) is 4.07. The third-order valence-corrected chi connectivity index (χ3v) is 5.20. The standard InChI is InChI=1S/C12H16N2O2S/c1-10(2)14-12(15)8-9-13-17(14,16)11-6-4-3-5-7-11/h3-7,10H,8-9H2,1-2H3. The molecule has 1 unspecified atom stereocenters. The summed E-state index contributed by atoms with van der Waals surface area (Å²) in [6, 6.07) is 8.90. The van der Waals surface area contributed by atoms with Gasteiger partial charge >= 0.3 is 0 Å². The van der Waals surface area contributed by atoms with E-state index in [1.54, 1.807) is 12.1 Å². The molecular weight excluding hydrogens is 236 g/mol. The maximum Gasteiger partial charge on any atom is 0.237 e. The van der Waals surface area contributed by atoms with E-state index in [9.17, 15) is 9.00 Å². The van der Waals surface area contributed by atoms with Gasteiger partial charge in [-0.2, -0.15) is 0 Å². The lowest BCUT2D eigenvalue weighted by molar-refractivity contribution is -0.127. The van der Waals surface area contributed by atoms with Crippen molar-refractivity contribution in [1.29, 1.82) is 0 Å². The minimum Gasteiger partial charge on any atom is -0.274 e. The molecule has 0 saturated carbocycles. The van der Waals surface area contributed by atoms with Gasteiger partial charge in [-0.05, 0) is 26.0 Å². The number of benzene rings is 1. The lowest BCUT2D eigenvalue weighted by Gasteiger charge is -2.32. The molecule has 1 aromatic carbocycles. The van der Waals surface area contributed by atoms with Gasteiger partial charge in [0, 0.05) is 12.5 Å². The van der Waals surface area contributed by atoms with Crippen LogP contribution in [0.5, 0.6) is 0 Å². The summed E-state index contributed by atoms with van der Waals surface area (Å²) >= 11 is 0. The van der Waals surface area contributed by atoms with Crippen molar-refractivity contribution in [1.82, 2.24) is 4.31 Å². The van der Waals surface area contributed by atoms with Gasteiger partial charge in [-0.1, -0.05) is 18.2 Å². The van der Waals surface area contributed by atoms with E-state index in [1.165, 1.54) is 4.31 Å². The summed E-state index contributed by atoms with van der Waals surface area (Å²) in [5, 5.41) is 0. The van der Waals surface area contributed by atoms with Gasteiger partial charge < -0.3 is 0 Å². The quantitative estimate of drug-likeness (QED) is 0.809. The Hall–Kier alpha value is -1.36. The molecule has 1 aromatic rings. The van der Waals surface area contributed by atoms with E-state index in [4.69, 9.17) is 0 Å². The average molecular weight is 252 g/mol. The van der Waals surface area contributed by atoms with Gasteiger partial charge in [0.15, 0.2) is 9.92 Å². The minimum absolute atomic E-state index is 0.0798. The number of carbonyl (C=O) groups excluding carboxylic acids is 1. The molecule has 2 rings (SSSR count). The van der Waals surface area contributed by atoms with Gasteiger partial charge in [0.25, 0.3) is 0 Å². The normalized spacial score (nSPS) is 24.9. The van der Waals surface area contributed by atoms with Crippen LogP contribution in [0.15, 0.2) is 39.6 Å². The Morgan fingerprint density at radius 2 is 1.94 bits per heavy atom. The zero-order valence-corrected chi connectivity index (χ0v) is 10.8. The van der Waals surface area contributed by atoms with Gasteiger partial charge in [0.1, 0.15) is 0 Å². The van der Waals surface area contributed by atoms with Crippen molar-refractivity contribution in [2.24, 2.45) is 4.36 Å². The number of rotatable bonds is 2. The number of hydrogen-bond donors (Lipinski definition) is 0. The Labute approximate surface area is 102 Å². The van der Waals surface area contributed by atoms with E-state index >= 15 is 0 Å². The van der Waals surface area contributed by atoms with E-state index in [2.05, 4.69) is 4.36 Å². The molecule has 17 heavy (non-hydrogen) atoms. The molecule has 1 amide bonds. The maximum atomic E-state index is 12.9. The van der Waals surface area contributed by atoms with Crippen LogP contribution >= 0.6 is 0 Å². The third kappa shape index (κ3) is 2.07. The first-order chi connectivity index (χ1) is 8.05. The van der Waals surface area contributed by atoms with Crippen LogP contribution in [0.1, 0.15) is 20.3 Å². The lowest BCUT2D eigenvalue weighted by atomic mass is 10.3. The summed E-state index contributed by atoms with van der Waals surface area (Å²) in [7, 11) is -2.75. The monoisotopic (exact) mass is 252 g/mol. The molecule has 1 atom stereocenters. The van der Waals surface area contributed by atoms with Crippen molar-refractivity contribution in [3.63, 3.8) is 0 Å². The molecule has 0 N–H and O–H groups in total. The number of nitrogens with zero attached hydrogens (tertiary/aromatic N) is 2. The second-order valence-electron chi connectivity index (χ2n) is 4.23. The fourth-order valence-corrected chi connectivity index (χ4v) is 4.22. The predicted molar refractivity (Wildman–Crippen MR) is 66.7 cm³/mol. The van der Waals surface area contributed by atoms with Crippen LogP contribution in [0.2, 0.25) is 0 Å².